The molecule has 0 aliphatic heterocycles. The first-order chi connectivity index (χ1) is 10.2. The Morgan fingerprint density at radius 3 is 1.46 bits per heavy atom. The SMILES string of the molecule is O=S(=O)(OC(O)(CF)OC(F)(F)C(F)(F)OC(F)(F)F)C(F)(F)F. The van der Waals surface area contributed by atoms with E-state index in [1.165, 1.54) is 0 Å². The van der Waals surface area contributed by atoms with Crippen molar-refractivity contribution in [2.45, 2.75) is 30.1 Å². The molecule has 6 nitrogen and oxygen atoms in total. The number of ether oxygens (including phenoxy) is 2. The molecule has 1 atom stereocenters. The van der Waals surface area contributed by atoms with Gasteiger partial charge in [0.2, 0.25) is 0 Å². The molecule has 1 unspecified atom stereocenters. The molecule has 0 aliphatic carbocycles. The van der Waals surface area contributed by atoms with Crippen LogP contribution in [-0.2, 0) is 23.8 Å². The lowest BCUT2D eigenvalue weighted by Gasteiger charge is -2.32. The van der Waals surface area contributed by atoms with Gasteiger partial charge in [0.1, 0.15) is 0 Å². The van der Waals surface area contributed by atoms with Gasteiger partial charge in [0.05, 0.1) is 0 Å². The van der Waals surface area contributed by atoms with Crippen LogP contribution in [0.4, 0.5) is 48.3 Å². The summed E-state index contributed by atoms with van der Waals surface area (Å²) in [5.41, 5.74) is -6.46. The van der Waals surface area contributed by atoms with Gasteiger partial charge in [0.15, 0.2) is 6.67 Å². The Hall–Kier alpha value is -0.980. The minimum absolute atomic E-state index is 1.61. The van der Waals surface area contributed by atoms with Crippen LogP contribution in [0.3, 0.4) is 0 Å². The highest BCUT2D eigenvalue weighted by atomic mass is 32.2. The molecule has 0 rings (SSSR count). The summed E-state index contributed by atoms with van der Waals surface area (Å²) in [7, 11) is -7.08. The molecule has 146 valence electrons. The lowest BCUT2D eigenvalue weighted by Crippen LogP contribution is -2.55. The molecule has 0 heterocycles. The van der Waals surface area contributed by atoms with Crippen molar-refractivity contribution in [2.24, 2.45) is 0 Å². The van der Waals surface area contributed by atoms with Gasteiger partial charge in [-0.1, -0.05) is 0 Å². The van der Waals surface area contributed by atoms with Crippen LogP contribution in [0.25, 0.3) is 0 Å². The van der Waals surface area contributed by atoms with Gasteiger partial charge in [-0.15, -0.1) is 13.2 Å². The normalized spacial score (nSPS) is 17.7. The highest BCUT2D eigenvalue weighted by Gasteiger charge is 2.68. The molecule has 0 fully saturated rings. The first-order valence-corrected chi connectivity index (χ1v) is 6.12. The summed E-state index contributed by atoms with van der Waals surface area (Å²) in [4.78, 5) is 0. The Labute approximate surface area is 123 Å². The first kappa shape index (κ1) is 23.0. The molecule has 0 aliphatic rings. The van der Waals surface area contributed by atoms with E-state index in [1.54, 1.807) is 4.74 Å². The zero-order valence-corrected chi connectivity index (χ0v) is 11.1. The maximum Gasteiger partial charge on any atom is 0.527 e. The summed E-state index contributed by atoms with van der Waals surface area (Å²) in [5, 5.41) is 8.67. The molecule has 0 aromatic rings. The second-order valence-corrected chi connectivity index (χ2v) is 5.05. The second kappa shape index (κ2) is 6.39. The Bertz CT molecular complexity index is 538. The lowest BCUT2D eigenvalue weighted by molar-refractivity contribution is -0.539. The maximum absolute atomic E-state index is 12.8. The van der Waals surface area contributed by atoms with E-state index in [9.17, 15) is 56.7 Å². The van der Waals surface area contributed by atoms with Crippen molar-refractivity contribution in [2.75, 3.05) is 6.67 Å². The monoisotopic (exact) mass is 412 g/mol. The maximum atomic E-state index is 12.8. The number of hydrogen-bond acceptors (Lipinski definition) is 6. The summed E-state index contributed by atoms with van der Waals surface area (Å²) in [6, 6.07) is 0. The Kier molecular flexibility index (Phi) is 6.13. The van der Waals surface area contributed by atoms with E-state index in [0.717, 1.165) is 0 Å². The van der Waals surface area contributed by atoms with Gasteiger partial charge in [-0.2, -0.15) is 43.3 Å². The summed E-state index contributed by atoms with van der Waals surface area (Å²) >= 11 is 0. The van der Waals surface area contributed by atoms with Crippen LogP contribution in [0.2, 0.25) is 0 Å². The highest BCUT2D eigenvalue weighted by molar-refractivity contribution is 7.87. The summed E-state index contributed by atoms with van der Waals surface area (Å²) in [6.07, 6.45) is -19.9. The smallest absolute Gasteiger partial charge is 0.340 e. The predicted octanol–water partition coefficient (Wildman–Crippen LogP) is 2.21. The fraction of sp³-hybridized carbons (Fsp3) is 1.00. The molecule has 0 amide bonds. The minimum atomic E-state index is -7.08. The molecule has 0 saturated carbocycles. The van der Waals surface area contributed by atoms with Crippen LogP contribution in [-0.4, -0.2) is 50.3 Å². The average Bonchev–Trinajstić information content (AvgIpc) is 2.21. The third kappa shape index (κ3) is 5.83. The van der Waals surface area contributed by atoms with Crippen LogP contribution >= 0.6 is 0 Å². The van der Waals surface area contributed by atoms with Gasteiger partial charge in [-0.25, -0.2) is 9.13 Å². The number of halogens is 11. The van der Waals surface area contributed by atoms with Crippen molar-refractivity contribution in [1.29, 1.82) is 0 Å². The number of aliphatic hydroxyl groups is 1. The van der Waals surface area contributed by atoms with Crippen molar-refractivity contribution in [1.82, 2.24) is 0 Å². The van der Waals surface area contributed by atoms with Crippen LogP contribution in [0, 0.1) is 0 Å². The molecule has 0 radical (unpaired) electrons. The molecule has 0 saturated heterocycles. The summed E-state index contributed by atoms with van der Waals surface area (Å²) in [5.74, 6) is -5.25. The Balaban J connectivity index is 5.57. The zero-order chi connectivity index (χ0) is 19.8. The van der Waals surface area contributed by atoms with Crippen LogP contribution < -0.4 is 0 Å². The van der Waals surface area contributed by atoms with Gasteiger partial charge in [-0.3, -0.25) is 4.74 Å². The quantitative estimate of drug-likeness (QED) is 0.299. The largest absolute Gasteiger partial charge is 0.527 e. The number of rotatable bonds is 7. The molecule has 0 spiro atoms. The summed E-state index contributed by atoms with van der Waals surface area (Å²) in [6.45, 7) is -3.15. The topological polar surface area (TPSA) is 82.1 Å². The van der Waals surface area contributed by atoms with Gasteiger partial charge < -0.3 is 5.11 Å². The number of alkyl halides is 11. The van der Waals surface area contributed by atoms with E-state index in [0.29, 0.717) is 0 Å². The fourth-order valence-electron chi connectivity index (χ4n) is 0.750. The van der Waals surface area contributed by atoms with Crippen molar-refractivity contribution >= 4 is 10.1 Å². The molecular weight excluding hydrogens is 409 g/mol. The Morgan fingerprint density at radius 1 is 0.792 bits per heavy atom. The van der Waals surface area contributed by atoms with E-state index < -0.39 is 46.9 Å². The average molecular weight is 412 g/mol. The minimum Gasteiger partial charge on any atom is -0.340 e. The van der Waals surface area contributed by atoms with E-state index in [4.69, 9.17) is 5.11 Å². The zero-order valence-electron chi connectivity index (χ0n) is 10.3. The molecular formula is C6H3F11O6S. The standard InChI is InChI=1S/C6H3F11O6S/c7-1-2(18,23-24(19,20)6(15,16)17)21-3(8,9)4(10,11)22-5(12,13)14/h18H,1H2. The molecule has 18 heteroatoms. The van der Waals surface area contributed by atoms with Crippen LogP contribution in [0.5, 0.6) is 0 Å². The van der Waals surface area contributed by atoms with Crippen LogP contribution in [0.1, 0.15) is 0 Å². The van der Waals surface area contributed by atoms with Crippen molar-refractivity contribution in [3.63, 3.8) is 0 Å². The van der Waals surface area contributed by atoms with E-state index >= 15 is 0 Å². The van der Waals surface area contributed by atoms with E-state index in [1.807, 2.05) is 0 Å². The molecule has 0 bridgehead atoms. The van der Waals surface area contributed by atoms with Gasteiger partial charge >= 0.3 is 40.2 Å². The number of hydrogen-bond donors (Lipinski definition) is 1. The highest BCUT2D eigenvalue weighted by Crippen LogP contribution is 2.43. The molecule has 24 heavy (non-hydrogen) atoms. The van der Waals surface area contributed by atoms with Gasteiger partial charge in [-0.05, 0) is 0 Å². The third-order valence-electron chi connectivity index (χ3n) is 1.56. The lowest BCUT2D eigenvalue weighted by atomic mass is 10.5. The Morgan fingerprint density at radius 2 is 1.17 bits per heavy atom. The molecule has 0 aromatic carbocycles. The van der Waals surface area contributed by atoms with E-state index in [-0.39, 0.29) is 0 Å². The van der Waals surface area contributed by atoms with Crippen molar-refractivity contribution < 1.29 is 75.5 Å². The van der Waals surface area contributed by atoms with E-state index in [2.05, 4.69) is 8.92 Å². The van der Waals surface area contributed by atoms with Crippen LogP contribution in [0.15, 0.2) is 0 Å². The molecule has 0 aromatic heterocycles. The predicted molar refractivity (Wildman–Crippen MR) is 45.1 cm³/mol. The summed E-state index contributed by atoms with van der Waals surface area (Å²) < 4.78 is 160. The van der Waals surface area contributed by atoms with Crippen molar-refractivity contribution in [3.05, 3.63) is 0 Å². The van der Waals surface area contributed by atoms with Gasteiger partial charge in [0, 0.05) is 0 Å². The molecule has 1 N–H and O–H groups in total. The van der Waals surface area contributed by atoms with Gasteiger partial charge in [0.25, 0.3) is 0 Å². The first-order valence-electron chi connectivity index (χ1n) is 4.71. The fourth-order valence-corrected chi connectivity index (χ4v) is 1.27. The van der Waals surface area contributed by atoms with Crippen molar-refractivity contribution in [3.8, 4) is 0 Å². The second-order valence-electron chi connectivity index (χ2n) is 3.51. The third-order valence-corrected chi connectivity index (χ3v) is 2.61.